The van der Waals surface area contributed by atoms with Gasteiger partial charge in [-0.2, -0.15) is 0 Å². The second kappa shape index (κ2) is 7.61. The molecule has 1 aromatic carbocycles. The predicted octanol–water partition coefficient (Wildman–Crippen LogP) is 3.23. The Morgan fingerprint density at radius 3 is 2.84 bits per heavy atom. The highest BCUT2D eigenvalue weighted by molar-refractivity contribution is 5.94. The predicted molar refractivity (Wildman–Crippen MR) is 92.0 cm³/mol. The van der Waals surface area contributed by atoms with Crippen LogP contribution in [0.5, 0.6) is 5.75 Å². The Morgan fingerprint density at radius 2 is 2.12 bits per heavy atom. The quantitative estimate of drug-likeness (QED) is 0.691. The van der Waals surface area contributed by atoms with Crippen molar-refractivity contribution < 1.29 is 14.1 Å². The molecular formula is C19H19N3O3. The molecule has 0 spiro atoms. The molecule has 0 fully saturated rings. The maximum atomic E-state index is 12.6. The van der Waals surface area contributed by atoms with Crippen LogP contribution in [-0.4, -0.2) is 28.0 Å². The molecule has 0 bridgehead atoms. The number of nitrogens with zero attached hydrogens (tertiary/aromatic N) is 3. The summed E-state index contributed by atoms with van der Waals surface area (Å²) in [5, 5.41) is 3.91. The van der Waals surface area contributed by atoms with E-state index in [1.54, 1.807) is 42.5 Å². The van der Waals surface area contributed by atoms with Crippen LogP contribution in [0.15, 0.2) is 59.4 Å². The van der Waals surface area contributed by atoms with Gasteiger partial charge in [-0.3, -0.25) is 9.78 Å². The summed E-state index contributed by atoms with van der Waals surface area (Å²) in [6.45, 7) is 2.61. The molecule has 0 saturated heterocycles. The van der Waals surface area contributed by atoms with E-state index < -0.39 is 0 Å². The zero-order valence-corrected chi connectivity index (χ0v) is 14.2. The molecule has 128 valence electrons. The zero-order chi connectivity index (χ0) is 17.6. The van der Waals surface area contributed by atoms with E-state index in [0.717, 1.165) is 17.0 Å². The Morgan fingerprint density at radius 1 is 1.24 bits per heavy atom. The standard InChI is InChI=1S/C19H19N3O3/c1-14-9-17(21-25-14)12-22(2)19(23)16-6-3-7-18(10-16)24-13-15-5-4-8-20-11-15/h3-11H,12-13H2,1-2H3. The van der Waals surface area contributed by atoms with Crippen molar-refractivity contribution in [3.8, 4) is 5.75 Å². The minimum absolute atomic E-state index is 0.104. The molecular weight excluding hydrogens is 318 g/mol. The lowest BCUT2D eigenvalue weighted by Gasteiger charge is -2.16. The SMILES string of the molecule is Cc1cc(CN(C)C(=O)c2cccc(OCc3cccnc3)c2)no1. The number of aromatic nitrogens is 2. The van der Waals surface area contributed by atoms with Crippen molar-refractivity contribution in [3.63, 3.8) is 0 Å². The maximum absolute atomic E-state index is 12.6. The van der Waals surface area contributed by atoms with Gasteiger partial charge < -0.3 is 14.2 Å². The van der Waals surface area contributed by atoms with Crippen LogP contribution in [0.25, 0.3) is 0 Å². The van der Waals surface area contributed by atoms with Gasteiger partial charge in [-0.05, 0) is 31.2 Å². The molecule has 3 aromatic rings. The Labute approximate surface area is 146 Å². The van der Waals surface area contributed by atoms with Crippen molar-refractivity contribution in [2.75, 3.05) is 7.05 Å². The van der Waals surface area contributed by atoms with E-state index >= 15 is 0 Å². The first-order valence-electron chi connectivity index (χ1n) is 7.91. The largest absolute Gasteiger partial charge is 0.489 e. The Bertz CT molecular complexity index is 846. The molecule has 3 rings (SSSR count). The zero-order valence-electron chi connectivity index (χ0n) is 14.2. The van der Waals surface area contributed by atoms with Crippen molar-refractivity contribution in [2.45, 2.75) is 20.1 Å². The number of hydrogen-bond donors (Lipinski definition) is 0. The number of amides is 1. The van der Waals surface area contributed by atoms with Crippen LogP contribution in [0, 0.1) is 6.92 Å². The van der Waals surface area contributed by atoms with Gasteiger partial charge in [-0.1, -0.05) is 17.3 Å². The van der Waals surface area contributed by atoms with E-state index in [-0.39, 0.29) is 5.91 Å². The maximum Gasteiger partial charge on any atom is 0.254 e. The average molecular weight is 337 g/mol. The third kappa shape index (κ3) is 4.44. The summed E-state index contributed by atoms with van der Waals surface area (Å²) in [4.78, 5) is 18.2. The molecule has 6 nitrogen and oxygen atoms in total. The number of aryl methyl sites for hydroxylation is 1. The Hall–Kier alpha value is -3.15. The first-order valence-corrected chi connectivity index (χ1v) is 7.91. The molecule has 0 unspecified atom stereocenters. The van der Waals surface area contributed by atoms with E-state index in [9.17, 15) is 4.79 Å². The van der Waals surface area contributed by atoms with E-state index in [0.29, 0.717) is 24.5 Å². The van der Waals surface area contributed by atoms with Gasteiger partial charge in [0.1, 0.15) is 23.8 Å². The monoisotopic (exact) mass is 337 g/mol. The Kier molecular flexibility index (Phi) is 5.09. The second-order valence-corrected chi connectivity index (χ2v) is 5.77. The highest BCUT2D eigenvalue weighted by Gasteiger charge is 2.14. The van der Waals surface area contributed by atoms with Gasteiger partial charge in [0.15, 0.2) is 0 Å². The number of carbonyl (C=O) groups excluding carboxylic acids is 1. The minimum Gasteiger partial charge on any atom is -0.489 e. The molecule has 6 heteroatoms. The third-order valence-corrected chi connectivity index (χ3v) is 3.63. The summed E-state index contributed by atoms with van der Waals surface area (Å²) < 4.78 is 10.8. The van der Waals surface area contributed by atoms with Gasteiger partial charge >= 0.3 is 0 Å². The molecule has 0 aliphatic heterocycles. The van der Waals surface area contributed by atoms with Gasteiger partial charge in [0.05, 0.1) is 6.54 Å². The summed E-state index contributed by atoms with van der Waals surface area (Å²) in [5.74, 6) is 1.26. The number of benzene rings is 1. The van der Waals surface area contributed by atoms with Crippen molar-refractivity contribution >= 4 is 5.91 Å². The molecule has 1 amide bonds. The summed E-state index contributed by atoms with van der Waals surface area (Å²) >= 11 is 0. The van der Waals surface area contributed by atoms with Gasteiger partial charge in [0.25, 0.3) is 5.91 Å². The average Bonchev–Trinajstić information content (AvgIpc) is 3.05. The van der Waals surface area contributed by atoms with Crippen LogP contribution >= 0.6 is 0 Å². The van der Waals surface area contributed by atoms with Crippen molar-refractivity contribution in [2.24, 2.45) is 0 Å². The lowest BCUT2D eigenvalue weighted by Crippen LogP contribution is -2.26. The van der Waals surface area contributed by atoms with Crippen molar-refractivity contribution in [1.29, 1.82) is 0 Å². The van der Waals surface area contributed by atoms with Crippen LogP contribution in [0.4, 0.5) is 0 Å². The molecule has 0 atom stereocenters. The fraction of sp³-hybridized carbons (Fsp3) is 0.211. The van der Waals surface area contributed by atoms with Gasteiger partial charge in [0, 0.05) is 36.6 Å². The number of carbonyl (C=O) groups is 1. The lowest BCUT2D eigenvalue weighted by atomic mass is 10.2. The van der Waals surface area contributed by atoms with Crippen molar-refractivity contribution in [1.82, 2.24) is 15.0 Å². The van der Waals surface area contributed by atoms with Crippen LogP contribution in [0.1, 0.15) is 27.4 Å². The molecule has 2 aromatic heterocycles. The topological polar surface area (TPSA) is 68.5 Å². The smallest absolute Gasteiger partial charge is 0.254 e. The van der Waals surface area contributed by atoms with Gasteiger partial charge in [0.2, 0.25) is 0 Å². The summed E-state index contributed by atoms with van der Waals surface area (Å²) in [5.41, 5.74) is 2.25. The molecule has 0 radical (unpaired) electrons. The number of ether oxygens (including phenoxy) is 1. The lowest BCUT2D eigenvalue weighted by molar-refractivity contribution is 0.0781. The minimum atomic E-state index is -0.104. The van der Waals surface area contributed by atoms with Gasteiger partial charge in [-0.15, -0.1) is 0 Å². The van der Waals surface area contributed by atoms with Crippen LogP contribution in [-0.2, 0) is 13.2 Å². The fourth-order valence-corrected chi connectivity index (χ4v) is 2.40. The second-order valence-electron chi connectivity index (χ2n) is 5.77. The van der Waals surface area contributed by atoms with Crippen LogP contribution < -0.4 is 4.74 Å². The number of pyridine rings is 1. The molecule has 0 saturated carbocycles. The summed E-state index contributed by atoms with van der Waals surface area (Å²) in [6, 6.07) is 12.8. The normalized spacial score (nSPS) is 10.5. The highest BCUT2D eigenvalue weighted by atomic mass is 16.5. The molecule has 25 heavy (non-hydrogen) atoms. The number of rotatable bonds is 6. The third-order valence-electron chi connectivity index (χ3n) is 3.63. The van der Waals surface area contributed by atoms with E-state index in [2.05, 4.69) is 10.1 Å². The highest BCUT2D eigenvalue weighted by Crippen LogP contribution is 2.17. The van der Waals surface area contributed by atoms with Crippen LogP contribution in [0.2, 0.25) is 0 Å². The molecule has 0 aliphatic rings. The molecule has 0 N–H and O–H groups in total. The van der Waals surface area contributed by atoms with Crippen molar-refractivity contribution in [3.05, 3.63) is 77.4 Å². The van der Waals surface area contributed by atoms with E-state index in [1.165, 1.54) is 0 Å². The van der Waals surface area contributed by atoms with Crippen LogP contribution in [0.3, 0.4) is 0 Å². The molecule has 0 aliphatic carbocycles. The van der Waals surface area contributed by atoms with Gasteiger partial charge in [-0.25, -0.2) is 0 Å². The summed E-state index contributed by atoms with van der Waals surface area (Å²) in [7, 11) is 1.73. The first kappa shape index (κ1) is 16.7. The van der Waals surface area contributed by atoms with E-state index in [1.807, 2.05) is 31.2 Å². The fourth-order valence-electron chi connectivity index (χ4n) is 2.40. The molecule has 2 heterocycles. The number of hydrogen-bond acceptors (Lipinski definition) is 5. The Balaban J connectivity index is 1.64. The summed E-state index contributed by atoms with van der Waals surface area (Å²) in [6.07, 6.45) is 3.47. The van der Waals surface area contributed by atoms with E-state index in [4.69, 9.17) is 9.26 Å². The first-order chi connectivity index (χ1) is 12.1.